The molecule has 0 aliphatic carbocycles. The second kappa shape index (κ2) is 6.74. The van der Waals surface area contributed by atoms with Gasteiger partial charge in [-0.25, -0.2) is 4.39 Å². The van der Waals surface area contributed by atoms with Crippen LogP contribution in [0.15, 0.2) is 53.4 Å². The van der Waals surface area contributed by atoms with Crippen LogP contribution in [0.1, 0.15) is 18.4 Å². The second-order valence-corrected chi connectivity index (χ2v) is 8.86. The number of piperidine rings is 1. The van der Waals surface area contributed by atoms with E-state index in [1.54, 1.807) is 12.1 Å². The molecule has 1 unspecified atom stereocenters. The number of rotatable bonds is 2. The summed E-state index contributed by atoms with van der Waals surface area (Å²) in [6.07, 6.45) is 1.68. The molecule has 1 atom stereocenters. The Labute approximate surface area is 154 Å². The third kappa shape index (κ3) is 3.53. The Hall–Kier alpha value is -1.80. The van der Waals surface area contributed by atoms with Gasteiger partial charge >= 0.3 is 0 Å². The number of hydrogen-bond acceptors (Lipinski definition) is 4. The molecule has 0 radical (unpaired) electrons. The van der Waals surface area contributed by atoms with Gasteiger partial charge in [0.15, 0.2) is 15.3 Å². The zero-order valence-electron chi connectivity index (χ0n) is 14.4. The Bertz CT molecular complexity index is 835. The van der Waals surface area contributed by atoms with E-state index < -0.39 is 10.4 Å². The first-order valence-electron chi connectivity index (χ1n) is 8.80. The summed E-state index contributed by atoms with van der Waals surface area (Å²) in [4.78, 5) is 2.64. The molecule has 0 aromatic heterocycles. The SMILES string of the molecule is O=[S+]1([O-])NCC2(CCN(Cc3ccc(F)cc3)CC2)Nc2ccccc21. The first-order valence-corrected chi connectivity index (χ1v) is 10.3. The molecular weight excluding hydrogens is 353 g/mol. The molecule has 2 aromatic rings. The fourth-order valence-electron chi connectivity index (χ4n) is 3.73. The van der Waals surface area contributed by atoms with Crippen LogP contribution in [0.2, 0.25) is 0 Å². The van der Waals surface area contributed by atoms with Gasteiger partial charge in [0.2, 0.25) is 0 Å². The average Bonchev–Trinajstić information content (AvgIpc) is 2.74. The molecule has 7 heteroatoms. The number of anilines is 1. The highest BCUT2D eigenvalue weighted by Gasteiger charge is 2.41. The van der Waals surface area contributed by atoms with Crippen LogP contribution >= 0.6 is 0 Å². The van der Waals surface area contributed by atoms with Crippen LogP contribution in [0.5, 0.6) is 0 Å². The lowest BCUT2D eigenvalue weighted by atomic mass is 9.87. The van der Waals surface area contributed by atoms with E-state index in [2.05, 4.69) is 14.9 Å². The highest BCUT2D eigenvalue weighted by Crippen LogP contribution is 2.35. The quantitative estimate of drug-likeness (QED) is 0.792. The van der Waals surface area contributed by atoms with Gasteiger partial charge in [-0.2, -0.15) is 0 Å². The molecule has 0 bridgehead atoms. The summed E-state index contributed by atoms with van der Waals surface area (Å²) in [6, 6.07) is 13.6. The van der Waals surface area contributed by atoms with Gasteiger partial charge in [-0.1, -0.05) is 28.5 Å². The van der Waals surface area contributed by atoms with E-state index in [4.69, 9.17) is 0 Å². The summed E-state index contributed by atoms with van der Waals surface area (Å²) in [6.45, 7) is 2.87. The molecule has 138 valence electrons. The Morgan fingerprint density at radius 3 is 2.54 bits per heavy atom. The molecule has 1 fully saturated rings. The number of sulfonamides is 1. The van der Waals surface area contributed by atoms with Crippen LogP contribution in [0.3, 0.4) is 0 Å². The van der Waals surface area contributed by atoms with E-state index in [1.807, 2.05) is 24.3 Å². The van der Waals surface area contributed by atoms with Gasteiger partial charge in [-0.05, 0) is 42.7 Å². The number of para-hydroxylation sites is 1. The molecule has 2 N–H and O–H groups in total. The van der Waals surface area contributed by atoms with Crippen LogP contribution in [0.25, 0.3) is 0 Å². The molecular formula is C19H22FN3O2S. The van der Waals surface area contributed by atoms with E-state index in [0.717, 1.165) is 38.0 Å². The summed E-state index contributed by atoms with van der Waals surface area (Å²) in [5.74, 6) is -0.222. The first-order chi connectivity index (χ1) is 12.5. The Morgan fingerprint density at radius 2 is 1.81 bits per heavy atom. The lowest BCUT2D eigenvalue weighted by Crippen LogP contribution is -2.54. The van der Waals surface area contributed by atoms with Crippen molar-refractivity contribution in [1.82, 2.24) is 9.62 Å². The molecule has 5 nitrogen and oxygen atoms in total. The average molecular weight is 375 g/mol. The number of benzene rings is 2. The van der Waals surface area contributed by atoms with Gasteiger partial charge in [0.25, 0.3) is 0 Å². The highest BCUT2D eigenvalue weighted by molar-refractivity contribution is 7.96. The van der Waals surface area contributed by atoms with Crippen molar-refractivity contribution in [3.05, 3.63) is 59.9 Å². The molecule has 0 saturated carbocycles. The number of hydrogen-bond donors (Lipinski definition) is 2. The molecule has 26 heavy (non-hydrogen) atoms. The first kappa shape index (κ1) is 17.6. The predicted octanol–water partition coefficient (Wildman–Crippen LogP) is 2.78. The van der Waals surface area contributed by atoms with E-state index in [1.165, 1.54) is 12.1 Å². The minimum Gasteiger partial charge on any atom is -0.593 e. The van der Waals surface area contributed by atoms with Gasteiger partial charge < -0.3 is 9.87 Å². The Kier molecular flexibility index (Phi) is 4.56. The number of fused-ring (bicyclic) bond motifs is 1. The fourth-order valence-corrected chi connectivity index (χ4v) is 5.02. The number of halogens is 1. The number of nitrogens with one attached hydrogen (secondary N) is 2. The zero-order chi connectivity index (χ0) is 18.2. The standard InChI is InChI=1S/C19H22FN3O2S/c20-16-7-5-15(6-8-16)13-23-11-9-19(10-12-23)14-21-26(24,25)18-4-2-1-3-17(18)22-19/h1-8,22H,9-14H2,(H-,21,24,25). The zero-order valence-corrected chi connectivity index (χ0v) is 15.2. The number of nitrogens with zero attached hydrogens (tertiary/aromatic N) is 1. The van der Waals surface area contributed by atoms with Crippen molar-refractivity contribution in [2.24, 2.45) is 0 Å². The van der Waals surface area contributed by atoms with Crippen molar-refractivity contribution >= 4 is 16.1 Å². The maximum Gasteiger partial charge on any atom is 0.198 e. The van der Waals surface area contributed by atoms with E-state index in [9.17, 15) is 13.2 Å². The van der Waals surface area contributed by atoms with Crippen molar-refractivity contribution in [2.45, 2.75) is 29.8 Å². The second-order valence-electron chi connectivity index (χ2n) is 7.13. The highest BCUT2D eigenvalue weighted by atomic mass is 32.3. The lowest BCUT2D eigenvalue weighted by Gasteiger charge is -2.41. The summed E-state index contributed by atoms with van der Waals surface area (Å²) in [7, 11) is -3.48. The molecule has 1 saturated heterocycles. The van der Waals surface area contributed by atoms with Crippen molar-refractivity contribution in [1.29, 1.82) is 0 Å². The molecule has 4 rings (SSSR count). The summed E-state index contributed by atoms with van der Waals surface area (Å²) in [5, 5.41) is 3.50. The maximum absolute atomic E-state index is 13.0. The summed E-state index contributed by atoms with van der Waals surface area (Å²) >= 11 is 0. The van der Waals surface area contributed by atoms with Crippen molar-refractivity contribution < 1.29 is 13.2 Å². The minimum atomic E-state index is -3.48. The maximum atomic E-state index is 13.0. The van der Waals surface area contributed by atoms with Crippen LogP contribution in [-0.2, 0) is 21.2 Å². The van der Waals surface area contributed by atoms with Gasteiger partial charge in [0, 0.05) is 19.6 Å². The van der Waals surface area contributed by atoms with Gasteiger partial charge in [0.1, 0.15) is 5.82 Å². The fraction of sp³-hybridized carbons (Fsp3) is 0.368. The molecule has 0 amide bonds. The van der Waals surface area contributed by atoms with E-state index in [0.29, 0.717) is 17.1 Å². The summed E-state index contributed by atoms with van der Waals surface area (Å²) < 4.78 is 40.7. The number of likely N-dealkylation sites (tertiary alicyclic amines) is 1. The van der Waals surface area contributed by atoms with Gasteiger partial charge in [-0.15, -0.1) is 4.72 Å². The van der Waals surface area contributed by atoms with Gasteiger partial charge in [0.05, 0.1) is 17.8 Å². The normalized spacial score (nSPS) is 25.3. The summed E-state index contributed by atoms with van der Waals surface area (Å²) in [5.41, 5.74) is 1.48. The Balaban J connectivity index is 1.47. The van der Waals surface area contributed by atoms with Crippen LogP contribution in [-0.4, -0.2) is 34.6 Å². The molecule has 2 aromatic carbocycles. The topological polar surface area (TPSA) is 67.4 Å². The molecule has 2 heterocycles. The molecule has 2 aliphatic rings. The minimum absolute atomic E-state index is 0.222. The Morgan fingerprint density at radius 1 is 1.12 bits per heavy atom. The van der Waals surface area contributed by atoms with Crippen LogP contribution in [0, 0.1) is 5.82 Å². The van der Waals surface area contributed by atoms with Crippen molar-refractivity contribution in [3.8, 4) is 0 Å². The third-order valence-electron chi connectivity index (χ3n) is 5.31. The molecule has 2 aliphatic heterocycles. The largest absolute Gasteiger partial charge is 0.593 e. The monoisotopic (exact) mass is 375 g/mol. The van der Waals surface area contributed by atoms with Crippen molar-refractivity contribution in [2.75, 3.05) is 25.0 Å². The molecule has 1 spiro atoms. The van der Waals surface area contributed by atoms with E-state index in [-0.39, 0.29) is 11.4 Å². The third-order valence-corrected chi connectivity index (χ3v) is 6.77. The van der Waals surface area contributed by atoms with Crippen molar-refractivity contribution in [3.63, 3.8) is 0 Å². The predicted molar refractivity (Wildman–Crippen MR) is 98.8 cm³/mol. The smallest absolute Gasteiger partial charge is 0.198 e. The van der Waals surface area contributed by atoms with Crippen LogP contribution in [0.4, 0.5) is 10.1 Å². The van der Waals surface area contributed by atoms with Crippen LogP contribution < -0.4 is 10.0 Å². The van der Waals surface area contributed by atoms with Gasteiger partial charge in [-0.3, -0.25) is 4.90 Å². The lowest BCUT2D eigenvalue weighted by molar-refractivity contribution is 0.168. The van der Waals surface area contributed by atoms with E-state index >= 15 is 0 Å².